The minimum Gasteiger partial charge on any atom is -0.305 e. The molecule has 10 heavy (non-hydrogen) atoms. The van der Waals surface area contributed by atoms with Crippen LogP contribution in [0.15, 0.2) is 12.2 Å². The van der Waals surface area contributed by atoms with E-state index in [2.05, 4.69) is 22.8 Å². The van der Waals surface area contributed by atoms with Crippen molar-refractivity contribution in [2.45, 2.75) is 25.9 Å². The van der Waals surface area contributed by atoms with Gasteiger partial charge in [-0.1, -0.05) is 12.2 Å². The molecule has 0 heterocycles. The second-order valence-corrected chi connectivity index (χ2v) is 2.28. The maximum Gasteiger partial charge on any atom is 0.0569 e. The highest BCUT2D eigenvalue weighted by molar-refractivity contribution is 4.78. The van der Waals surface area contributed by atoms with Crippen LogP contribution in [0.4, 0.5) is 0 Å². The van der Waals surface area contributed by atoms with Gasteiger partial charge in [0, 0.05) is 0 Å². The zero-order valence-corrected chi connectivity index (χ0v) is 7.15. The van der Waals surface area contributed by atoms with Gasteiger partial charge in [0.2, 0.25) is 0 Å². The summed E-state index contributed by atoms with van der Waals surface area (Å²) in [5, 5.41) is 6.33. The summed E-state index contributed by atoms with van der Waals surface area (Å²) in [6.07, 6.45) is 7.01. The summed E-state index contributed by atoms with van der Waals surface area (Å²) in [6.45, 7) is 2.05. The Morgan fingerprint density at radius 2 is 1.90 bits per heavy atom. The quantitative estimate of drug-likeness (QED) is 0.444. The normalized spacial score (nSPS) is 11.6. The summed E-state index contributed by atoms with van der Waals surface area (Å²) in [4.78, 5) is 0. The van der Waals surface area contributed by atoms with Crippen molar-refractivity contribution in [3.63, 3.8) is 0 Å². The topological polar surface area (TPSA) is 24.1 Å². The van der Waals surface area contributed by atoms with Gasteiger partial charge in [-0.25, -0.2) is 0 Å². The molecule has 0 unspecified atom stereocenters. The van der Waals surface area contributed by atoms with Crippen LogP contribution in [0.5, 0.6) is 0 Å². The van der Waals surface area contributed by atoms with E-state index < -0.39 is 0 Å². The predicted octanol–water partition coefficient (Wildman–Crippen LogP) is 1.11. The molecule has 0 aliphatic carbocycles. The lowest BCUT2D eigenvalue weighted by molar-refractivity contribution is 0.466. The zero-order valence-electron chi connectivity index (χ0n) is 7.15. The molecule has 0 aromatic heterocycles. The van der Waals surface area contributed by atoms with Crippen molar-refractivity contribution in [1.29, 1.82) is 0 Å². The first kappa shape index (κ1) is 9.66. The lowest BCUT2D eigenvalue weighted by Crippen LogP contribution is -2.37. The summed E-state index contributed by atoms with van der Waals surface area (Å²) in [5.41, 5.74) is 0. The van der Waals surface area contributed by atoms with Gasteiger partial charge in [0.1, 0.15) is 0 Å². The molecular formula is C8H18N2. The van der Waals surface area contributed by atoms with Crippen LogP contribution in [0.2, 0.25) is 0 Å². The molecule has 60 valence electrons. The number of hydrogen-bond donors (Lipinski definition) is 2. The smallest absolute Gasteiger partial charge is 0.0569 e. The lowest BCUT2D eigenvalue weighted by Gasteiger charge is -2.12. The van der Waals surface area contributed by atoms with Gasteiger partial charge in [0.25, 0.3) is 0 Å². The van der Waals surface area contributed by atoms with Crippen LogP contribution in [-0.4, -0.2) is 20.3 Å². The lowest BCUT2D eigenvalue weighted by atomic mass is 10.2. The van der Waals surface area contributed by atoms with Gasteiger partial charge in [-0.3, -0.25) is 0 Å². The van der Waals surface area contributed by atoms with Gasteiger partial charge in [0.15, 0.2) is 0 Å². The fourth-order valence-corrected chi connectivity index (χ4v) is 0.863. The van der Waals surface area contributed by atoms with Crippen LogP contribution in [0.1, 0.15) is 19.8 Å². The summed E-state index contributed by atoms with van der Waals surface area (Å²) < 4.78 is 0. The van der Waals surface area contributed by atoms with Gasteiger partial charge >= 0.3 is 0 Å². The second-order valence-electron chi connectivity index (χ2n) is 2.28. The molecular weight excluding hydrogens is 124 g/mol. The Balaban J connectivity index is 3.25. The van der Waals surface area contributed by atoms with E-state index in [1.165, 1.54) is 0 Å². The molecule has 0 fully saturated rings. The molecule has 0 radical (unpaired) electrons. The summed E-state index contributed by atoms with van der Waals surface area (Å²) >= 11 is 0. The van der Waals surface area contributed by atoms with Gasteiger partial charge in [-0.2, -0.15) is 0 Å². The molecule has 2 nitrogen and oxygen atoms in total. The van der Waals surface area contributed by atoms with Crippen molar-refractivity contribution in [2.24, 2.45) is 0 Å². The third-order valence-electron chi connectivity index (χ3n) is 1.55. The number of nitrogens with one attached hydrogen (secondary N) is 2. The molecule has 0 atom stereocenters. The summed E-state index contributed by atoms with van der Waals surface area (Å²) in [7, 11) is 3.94. The van der Waals surface area contributed by atoms with E-state index in [1.807, 2.05) is 21.0 Å². The van der Waals surface area contributed by atoms with Crippen molar-refractivity contribution < 1.29 is 0 Å². The Morgan fingerprint density at radius 3 is 2.30 bits per heavy atom. The molecule has 0 amide bonds. The van der Waals surface area contributed by atoms with Crippen LogP contribution in [0.25, 0.3) is 0 Å². The monoisotopic (exact) mass is 142 g/mol. The van der Waals surface area contributed by atoms with E-state index in [1.54, 1.807) is 0 Å². The predicted molar refractivity (Wildman–Crippen MR) is 46.0 cm³/mol. The Kier molecular flexibility index (Phi) is 6.55. The van der Waals surface area contributed by atoms with E-state index in [0.29, 0.717) is 6.17 Å². The van der Waals surface area contributed by atoms with Gasteiger partial charge in [-0.15, -0.1) is 0 Å². The van der Waals surface area contributed by atoms with Gasteiger partial charge < -0.3 is 10.6 Å². The average Bonchev–Trinajstić information content (AvgIpc) is 1.99. The first-order valence-electron chi connectivity index (χ1n) is 3.80. The van der Waals surface area contributed by atoms with E-state index >= 15 is 0 Å². The number of allylic oxidation sites excluding steroid dienone is 2. The van der Waals surface area contributed by atoms with Gasteiger partial charge in [0.05, 0.1) is 6.17 Å². The molecule has 0 saturated heterocycles. The highest BCUT2D eigenvalue weighted by Crippen LogP contribution is 1.93. The number of hydrogen-bond acceptors (Lipinski definition) is 2. The second kappa shape index (κ2) is 6.78. The average molecular weight is 142 g/mol. The Labute approximate surface area is 63.7 Å². The van der Waals surface area contributed by atoms with E-state index in [-0.39, 0.29) is 0 Å². The molecule has 0 aromatic rings. The van der Waals surface area contributed by atoms with Crippen molar-refractivity contribution >= 4 is 0 Å². The maximum atomic E-state index is 3.17. The van der Waals surface area contributed by atoms with Crippen LogP contribution >= 0.6 is 0 Å². The Morgan fingerprint density at radius 1 is 1.30 bits per heavy atom. The van der Waals surface area contributed by atoms with E-state index in [9.17, 15) is 0 Å². The fraction of sp³-hybridized carbons (Fsp3) is 0.750. The molecule has 0 aliphatic heterocycles. The summed E-state index contributed by atoms with van der Waals surface area (Å²) in [6, 6.07) is 0. The minimum absolute atomic E-state index is 0.455. The molecule has 0 saturated carbocycles. The molecule has 0 spiro atoms. The standard InChI is InChI=1S/C8H18N2/c1-4-5-6-7-8(9-2)10-3/h4-5,8-10H,6-7H2,1-3H3/b5-4-. The van der Waals surface area contributed by atoms with Crippen LogP contribution < -0.4 is 10.6 Å². The molecule has 0 rings (SSSR count). The molecule has 0 aromatic carbocycles. The molecule has 0 aliphatic rings. The molecule has 0 bridgehead atoms. The first-order valence-corrected chi connectivity index (χ1v) is 3.80. The zero-order chi connectivity index (χ0) is 7.82. The Hall–Kier alpha value is -0.340. The molecule has 2 heteroatoms. The van der Waals surface area contributed by atoms with Crippen LogP contribution in [0, 0.1) is 0 Å². The number of rotatable bonds is 5. The van der Waals surface area contributed by atoms with Crippen molar-refractivity contribution in [3.05, 3.63) is 12.2 Å². The maximum absolute atomic E-state index is 3.17. The highest BCUT2D eigenvalue weighted by Gasteiger charge is 1.97. The third kappa shape index (κ3) is 4.53. The van der Waals surface area contributed by atoms with Crippen molar-refractivity contribution in [1.82, 2.24) is 10.6 Å². The SMILES string of the molecule is C/C=C\CCC(NC)NC. The first-order chi connectivity index (χ1) is 4.85. The summed E-state index contributed by atoms with van der Waals surface area (Å²) in [5.74, 6) is 0. The van der Waals surface area contributed by atoms with Crippen molar-refractivity contribution in [3.8, 4) is 0 Å². The minimum atomic E-state index is 0.455. The van der Waals surface area contributed by atoms with Gasteiger partial charge in [-0.05, 0) is 33.9 Å². The molecule has 2 N–H and O–H groups in total. The van der Waals surface area contributed by atoms with Crippen molar-refractivity contribution in [2.75, 3.05) is 14.1 Å². The van der Waals surface area contributed by atoms with Crippen LogP contribution in [-0.2, 0) is 0 Å². The van der Waals surface area contributed by atoms with E-state index in [0.717, 1.165) is 12.8 Å². The Bertz CT molecular complexity index is 85.3. The fourth-order valence-electron chi connectivity index (χ4n) is 0.863. The highest BCUT2D eigenvalue weighted by atomic mass is 15.1. The largest absolute Gasteiger partial charge is 0.305 e. The van der Waals surface area contributed by atoms with E-state index in [4.69, 9.17) is 0 Å². The van der Waals surface area contributed by atoms with Crippen LogP contribution in [0.3, 0.4) is 0 Å². The third-order valence-corrected chi connectivity index (χ3v) is 1.55.